The number of phenolic OH excluding ortho intramolecular Hbond substituents is 1. The van der Waals surface area contributed by atoms with E-state index in [-0.39, 0.29) is 0 Å². The second-order valence-corrected chi connectivity index (χ2v) is 4.85. The lowest BCUT2D eigenvalue weighted by Crippen LogP contribution is -2.24. The first-order chi connectivity index (χ1) is 7.67. The van der Waals surface area contributed by atoms with Crippen molar-refractivity contribution >= 4 is 15.9 Å². The topological polar surface area (TPSA) is 23.5 Å². The van der Waals surface area contributed by atoms with Gasteiger partial charge in [0.05, 0.1) is 0 Å². The van der Waals surface area contributed by atoms with E-state index < -0.39 is 0 Å². The van der Waals surface area contributed by atoms with E-state index in [2.05, 4.69) is 34.7 Å². The molecule has 0 radical (unpaired) electrons. The van der Waals surface area contributed by atoms with Gasteiger partial charge in [0.15, 0.2) is 0 Å². The summed E-state index contributed by atoms with van der Waals surface area (Å²) in [5.74, 6) is 0.338. The van der Waals surface area contributed by atoms with Gasteiger partial charge in [0.2, 0.25) is 0 Å². The van der Waals surface area contributed by atoms with Crippen LogP contribution in [0.2, 0.25) is 0 Å². The zero-order valence-electron chi connectivity index (χ0n) is 10.0. The van der Waals surface area contributed by atoms with Crippen LogP contribution in [0.15, 0.2) is 22.7 Å². The second kappa shape index (κ2) is 6.92. The van der Waals surface area contributed by atoms with Gasteiger partial charge in [-0.15, -0.1) is 0 Å². The van der Waals surface area contributed by atoms with E-state index in [0.29, 0.717) is 5.75 Å². The molecule has 2 nitrogen and oxygen atoms in total. The lowest BCUT2D eigenvalue weighted by atomic mass is 10.2. The Morgan fingerprint density at radius 3 is 2.69 bits per heavy atom. The SMILES string of the molecule is CCCCN(CC)Cc1cc(O)ccc1Br. The number of benzene rings is 1. The first-order valence-corrected chi connectivity index (χ1v) is 6.66. The largest absolute Gasteiger partial charge is 0.508 e. The quantitative estimate of drug-likeness (QED) is 0.860. The molecule has 3 heteroatoms. The Balaban J connectivity index is 2.65. The van der Waals surface area contributed by atoms with Gasteiger partial charge in [0.25, 0.3) is 0 Å². The molecule has 16 heavy (non-hydrogen) atoms. The molecule has 0 saturated heterocycles. The summed E-state index contributed by atoms with van der Waals surface area (Å²) in [4.78, 5) is 2.39. The average molecular weight is 286 g/mol. The van der Waals surface area contributed by atoms with Crippen molar-refractivity contribution in [2.75, 3.05) is 13.1 Å². The highest BCUT2D eigenvalue weighted by molar-refractivity contribution is 9.10. The molecular weight excluding hydrogens is 266 g/mol. The van der Waals surface area contributed by atoms with E-state index in [1.165, 1.54) is 12.8 Å². The Labute approximate surface area is 106 Å². The average Bonchev–Trinajstić information content (AvgIpc) is 2.28. The molecule has 0 unspecified atom stereocenters. The van der Waals surface area contributed by atoms with Crippen molar-refractivity contribution in [3.8, 4) is 5.75 Å². The van der Waals surface area contributed by atoms with Crippen LogP contribution in [0.3, 0.4) is 0 Å². The maximum absolute atomic E-state index is 9.46. The van der Waals surface area contributed by atoms with Gasteiger partial charge < -0.3 is 5.11 Å². The summed E-state index contributed by atoms with van der Waals surface area (Å²) in [6.45, 7) is 7.44. The highest BCUT2D eigenvalue weighted by Gasteiger charge is 2.06. The molecule has 0 saturated carbocycles. The van der Waals surface area contributed by atoms with Crippen LogP contribution < -0.4 is 0 Å². The third-order valence-electron chi connectivity index (χ3n) is 2.70. The van der Waals surface area contributed by atoms with Gasteiger partial charge >= 0.3 is 0 Å². The maximum atomic E-state index is 9.46. The highest BCUT2D eigenvalue weighted by Crippen LogP contribution is 2.23. The first kappa shape index (κ1) is 13.5. The Bertz CT molecular complexity index is 328. The summed E-state index contributed by atoms with van der Waals surface area (Å²) < 4.78 is 1.07. The standard InChI is InChI=1S/C13H20BrNO/c1-3-5-8-15(4-2)10-11-9-12(16)6-7-13(11)14/h6-7,9,16H,3-5,8,10H2,1-2H3. The van der Waals surface area contributed by atoms with Gasteiger partial charge in [-0.1, -0.05) is 36.2 Å². The van der Waals surface area contributed by atoms with Crippen molar-refractivity contribution in [1.82, 2.24) is 4.90 Å². The predicted octanol–water partition coefficient (Wildman–Crippen LogP) is 3.78. The molecule has 0 atom stereocenters. The van der Waals surface area contributed by atoms with E-state index in [1.54, 1.807) is 6.07 Å². The number of hydrogen-bond acceptors (Lipinski definition) is 2. The fourth-order valence-corrected chi connectivity index (χ4v) is 2.03. The third-order valence-corrected chi connectivity index (χ3v) is 3.47. The van der Waals surface area contributed by atoms with E-state index in [1.807, 2.05) is 12.1 Å². The smallest absolute Gasteiger partial charge is 0.115 e. The normalized spacial score (nSPS) is 11.0. The molecule has 1 rings (SSSR count). The van der Waals surface area contributed by atoms with Crippen molar-refractivity contribution in [2.45, 2.75) is 33.2 Å². The molecule has 1 N–H and O–H groups in total. The molecule has 1 aromatic carbocycles. The van der Waals surface area contributed by atoms with Crippen molar-refractivity contribution in [3.05, 3.63) is 28.2 Å². The van der Waals surface area contributed by atoms with E-state index >= 15 is 0 Å². The molecule has 0 aliphatic rings. The van der Waals surface area contributed by atoms with Crippen LogP contribution in [0.5, 0.6) is 5.75 Å². The minimum Gasteiger partial charge on any atom is -0.508 e. The van der Waals surface area contributed by atoms with Crippen LogP contribution in [-0.4, -0.2) is 23.1 Å². The Morgan fingerprint density at radius 2 is 2.06 bits per heavy atom. The lowest BCUT2D eigenvalue weighted by Gasteiger charge is -2.20. The zero-order chi connectivity index (χ0) is 12.0. The van der Waals surface area contributed by atoms with Crippen LogP contribution >= 0.6 is 15.9 Å². The minimum atomic E-state index is 0.338. The molecule has 0 aliphatic carbocycles. The highest BCUT2D eigenvalue weighted by atomic mass is 79.9. The van der Waals surface area contributed by atoms with Crippen LogP contribution in [-0.2, 0) is 6.54 Å². The van der Waals surface area contributed by atoms with Crippen molar-refractivity contribution < 1.29 is 5.11 Å². The van der Waals surface area contributed by atoms with Crippen LogP contribution in [0.25, 0.3) is 0 Å². The summed E-state index contributed by atoms with van der Waals surface area (Å²) in [5, 5.41) is 9.46. The summed E-state index contributed by atoms with van der Waals surface area (Å²) in [5.41, 5.74) is 1.15. The zero-order valence-corrected chi connectivity index (χ0v) is 11.6. The minimum absolute atomic E-state index is 0.338. The Hall–Kier alpha value is -0.540. The number of rotatable bonds is 6. The number of aromatic hydroxyl groups is 1. The third kappa shape index (κ3) is 4.14. The molecular formula is C13H20BrNO. The summed E-state index contributed by atoms with van der Waals surface area (Å²) >= 11 is 3.52. The van der Waals surface area contributed by atoms with Crippen LogP contribution in [0.1, 0.15) is 32.3 Å². The van der Waals surface area contributed by atoms with E-state index in [0.717, 1.165) is 29.7 Å². The van der Waals surface area contributed by atoms with Crippen molar-refractivity contribution in [2.24, 2.45) is 0 Å². The van der Waals surface area contributed by atoms with Gasteiger partial charge in [-0.2, -0.15) is 0 Å². The van der Waals surface area contributed by atoms with E-state index in [4.69, 9.17) is 0 Å². The molecule has 0 fully saturated rings. The number of nitrogens with zero attached hydrogens (tertiary/aromatic N) is 1. The monoisotopic (exact) mass is 285 g/mol. The Morgan fingerprint density at radius 1 is 1.31 bits per heavy atom. The number of halogens is 1. The van der Waals surface area contributed by atoms with Gasteiger partial charge in [-0.25, -0.2) is 0 Å². The summed E-state index contributed by atoms with van der Waals surface area (Å²) in [6.07, 6.45) is 2.45. The number of unbranched alkanes of at least 4 members (excludes halogenated alkanes) is 1. The number of phenols is 1. The fourth-order valence-electron chi connectivity index (χ4n) is 1.65. The molecule has 0 heterocycles. The van der Waals surface area contributed by atoms with Crippen LogP contribution in [0, 0.1) is 0 Å². The molecule has 0 aliphatic heterocycles. The molecule has 0 aromatic heterocycles. The van der Waals surface area contributed by atoms with Crippen LogP contribution in [0.4, 0.5) is 0 Å². The van der Waals surface area contributed by atoms with Gasteiger partial charge in [-0.3, -0.25) is 4.90 Å². The fraction of sp³-hybridized carbons (Fsp3) is 0.538. The molecule has 90 valence electrons. The van der Waals surface area contributed by atoms with E-state index in [9.17, 15) is 5.11 Å². The maximum Gasteiger partial charge on any atom is 0.115 e. The predicted molar refractivity (Wildman–Crippen MR) is 71.7 cm³/mol. The summed E-state index contributed by atoms with van der Waals surface area (Å²) in [6, 6.07) is 5.44. The van der Waals surface area contributed by atoms with Gasteiger partial charge in [0, 0.05) is 11.0 Å². The second-order valence-electron chi connectivity index (χ2n) is 4.00. The molecule has 0 bridgehead atoms. The summed E-state index contributed by atoms with van der Waals surface area (Å²) in [7, 11) is 0. The Kier molecular flexibility index (Phi) is 5.85. The lowest BCUT2D eigenvalue weighted by molar-refractivity contribution is 0.274. The molecule has 0 spiro atoms. The molecule has 0 amide bonds. The number of hydrogen-bond donors (Lipinski definition) is 1. The van der Waals surface area contributed by atoms with Gasteiger partial charge in [-0.05, 0) is 43.3 Å². The first-order valence-electron chi connectivity index (χ1n) is 5.87. The van der Waals surface area contributed by atoms with Crippen molar-refractivity contribution in [3.63, 3.8) is 0 Å². The van der Waals surface area contributed by atoms with Crippen molar-refractivity contribution in [1.29, 1.82) is 0 Å². The van der Waals surface area contributed by atoms with Gasteiger partial charge in [0.1, 0.15) is 5.75 Å². The molecule has 1 aromatic rings.